The Morgan fingerprint density at radius 1 is 1.06 bits per heavy atom. The molecule has 17 heavy (non-hydrogen) atoms. The Balaban J connectivity index is 1.43. The molecule has 0 spiro atoms. The van der Waals surface area contributed by atoms with E-state index >= 15 is 0 Å². The van der Waals surface area contributed by atoms with Crippen LogP contribution in [-0.2, 0) is 0 Å². The van der Waals surface area contributed by atoms with Gasteiger partial charge in [-0.25, -0.2) is 0 Å². The van der Waals surface area contributed by atoms with Crippen molar-refractivity contribution in [3.05, 3.63) is 0 Å². The van der Waals surface area contributed by atoms with E-state index in [0.717, 1.165) is 23.9 Å². The molecule has 1 saturated carbocycles. The van der Waals surface area contributed by atoms with Gasteiger partial charge in [-0.15, -0.1) is 0 Å². The van der Waals surface area contributed by atoms with E-state index in [1.807, 2.05) is 0 Å². The fourth-order valence-corrected chi connectivity index (χ4v) is 3.65. The number of nitrogens with one attached hydrogen (secondary N) is 2. The second-order valence-electron chi connectivity index (χ2n) is 7.11. The monoisotopic (exact) mass is 237 g/mol. The number of likely N-dealkylation sites (tertiary alicyclic amines) is 1. The predicted octanol–water partition coefficient (Wildman–Crippen LogP) is 1.06. The van der Waals surface area contributed by atoms with Crippen LogP contribution >= 0.6 is 0 Å². The largest absolute Gasteiger partial charge is 0.316 e. The van der Waals surface area contributed by atoms with Crippen molar-refractivity contribution in [2.75, 3.05) is 26.2 Å². The highest BCUT2D eigenvalue weighted by Gasteiger charge is 2.53. The zero-order valence-electron chi connectivity index (χ0n) is 11.5. The van der Waals surface area contributed by atoms with Crippen molar-refractivity contribution in [3.63, 3.8) is 0 Å². The van der Waals surface area contributed by atoms with Crippen LogP contribution in [0.1, 0.15) is 33.6 Å². The lowest BCUT2D eigenvalue weighted by molar-refractivity contribution is 0.0953. The summed E-state index contributed by atoms with van der Waals surface area (Å²) < 4.78 is 0. The summed E-state index contributed by atoms with van der Waals surface area (Å²) in [5.41, 5.74) is 0.352. The van der Waals surface area contributed by atoms with E-state index in [4.69, 9.17) is 0 Å². The molecule has 2 heterocycles. The van der Waals surface area contributed by atoms with Crippen LogP contribution in [0.4, 0.5) is 0 Å². The number of hydrogen-bond acceptors (Lipinski definition) is 3. The second kappa shape index (κ2) is 4.22. The Hall–Kier alpha value is -0.120. The Bertz CT molecular complexity index is 266. The second-order valence-corrected chi connectivity index (χ2v) is 7.11. The summed E-state index contributed by atoms with van der Waals surface area (Å²) in [4.78, 5) is 2.63. The first-order valence-corrected chi connectivity index (χ1v) is 7.27. The zero-order valence-corrected chi connectivity index (χ0v) is 11.5. The van der Waals surface area contributed by atoms with Crippen molar-refractivity contribution in [2.24, 2.45) is 11.8 Å². The lowest BCUT2D eigenvalue weighted by Gasteiger charge is -2.41. The molecule has 2 unspecified atom stereocenters. The molecule has 0 aromatic carbocycles. The van der Waals surface area contributed by atoms with Gasteiger partial charge in [0.05, 0.1) is 0 Å². The number of hydrogen-bond donors (Lipinski definition) is 2. The Kier molecular flexibility index (Phi) is 2.96. The highest BCUT2D eigenvalue weighted by atomic mass is 15.2. The molecule has 3 fully saturated rings. The molecular weight excluding hydrogens is 210 g/mol. The summed E-state index contributed by atoms with van der Waals surface area (Å²) in [6.45, 7) is 12.0. The molecule has 98 valence electrons. The molecule has 0 radical (unpaired) electrons. The molecular formula is C14H27N3. The first-order valence-electron chi connectivity index (χ1n) is 7.27. The van der Waals surface area contributed by atoms with Crippen LogP contribution in [0.15, 0.2) is 0 Å². The van der Waals surface area contributed by atoms with Gasteiger partial charge in [0.1, 0.15) is 0 Å². The van der Waals surface area contributed by atoms with Gasteiger partial charge in [0.2, 0.25) is 0 Å². The minimum atomic E-state index is 0.352. The van der Waals surface area contributed by atoms with Crippen molar-refractivity contribution >= 4 is 0 Å². The molecule has 3 nitrogen and oxygen atoms in total. The molecule has 0 aromatic rings. The molecule has 3 heteroatoms. The van der Waals surface area contributed by atoms with Crippen molar-refractivity contribution in [1.82, 2.24) is 15.5 Å². The van der Waals surface area contributed by atoms with Crippen LogP contribution in [0.5, 0.6) is 0 Å². The van der Waals surface area contributed by atoms with Crippen LogP contribution in [0.25, 0.3) is 0 Å². The number of piperidine rings is 2. The van der Waals surface area contributed by atoms with E-state index in [0.29, 0.717) is 5.54 Å². The van der Waals surface area contributed by atoms with Crippen molar-refractivity contribution in [1.29, 1.82) is 0 Å². The van der Waals surface area contributed by atoms with Crippen molar-refractivity contribution in [3.8, 4) is 0 Å². The maximum Gasteiger partial charge on any atom is 0.0158 e. The van der Waals surface area contributed by atoms with Gasteiger partial charge in [-0.1, -0.05) is 0 Å². The maximum absolute atomic E-state index is 3.90. The maximum atomic E-state index is 3.90. The zero-order chi connectivity index (χ0) is 12.0. The summed E-state index contributed by atoms with van der Waals surface area (Å²) in [7, 11) is 0. The SMILES string of the molecule is CC(C)(C)N1CCC(NC2C3CNCC32)CC1. The molecule has 0 amide bonds. The van der Waals surface area contributed by atoms with Crippen molar-refractivity contribution in [2.45, 2.75) is 51.2 Å². The van der Waals surface area contributed by atoms with Gasteiger partial charge in [-0.2, -0.15) is 0 Å². The number of nitrogens with zero attached hydrogens (tertiary/aromatic N) is 1. The molecule has 2 aliphatic heterocycles. The van der Waals surface area contributed by atoms with Gasteiger partial charge in [-0.05, 0) is 58.5 Å². The van der Waals surface area contributed by atoms with Gasteiger partial charge in [0.15, 0.2) is 0 Å². The summed E-state index contributed by atoms with van der Waals surface area (Å²) in [6.07, 6.45) is 2.67. The first kappa shape index (κ1) is 11.9. The van der Waals surface area contributed by atoms with E-state index in [1.165, 1.54) is 39.0 Å². The molecule has 2 N–H and O–H groups in total. The lowest BCUT2D eigenvalue weighted by atomic mass is 9.98. The van der Waals surface area contributed by atoms with Crippen LogP contribution in [0, 0.1) is 11.8 Å². The third-order valence-corrected chi connectivity index (χ3v) is 4.96. The quantitative estimate of drug-likeness (QED) is 0.752. The highest BCUT2D eigenvalue weighted by Crippen LogP contribution is 2.42. The van der Waals surface area contributed by atoms with Gasteiger partial charge in [-0.3, -0.25) is 4.90 Å². The third kappa shape index (κ3) is 2.38. The molecule has 0 bridgehead atoms. The minimum absolute atomic E-state index is 0.352. The molecule has 3 rings (SSSR count). The van der Waals surface area contributed by atoms with E-state index in [1.54, 1.807) is 0 Å². The van der Waals surface area contributed by atoms with Gasteiger partial charge in [0.25, 0.3) is 0 Å². The van der Waals surface area contributed by atoms with E-state index < -0.39 is 0 Å². The van der Waals surface area contributed by atoms with E-state index in [9.17, 15) is 0 Å². The standard InChI is InChI=1S/C14H27N3/c1-14(2,3)17-6-4-10(5-7-17)16-13-11-8-15-9-12(11)13/h10-13,15-16H,4-9H2,1-3H3. The van der Waals surface area contributed by atoms with Crippen LogP contribution < -0.4 is 10.6 Å². The lowest BCUT2D eigenvalue weighted by Crippen LogP contribution is -2.50. The highest BCUT2D eigenvalue weighted by molar-refractivity contribution is 5.10. The van der Waals surface area contributed by atoms with Gasteiger partial charge >= 0.3 is 0 Å². The molecule has 2 atom stereocenters. The summed E-state index contributed by atoms with van der Waals surface area (Å²) in [5, 5.41) is 7.37. The fourth-order valence-electron chi connectivity index (χ4n) is 3.65. The molecule has 3 aliphatic rings. The number of rotatable bonds is 2. The smallest absolute Gasteiger partial charge is 0.0158 e. The summed E-state index contributed by atoms with van der Waals surface area (Å²) in [5.74, 6) is 1.91. The van der Waals surface area contributed by atoms with E-state index in [-0.39, 0.29) is 0 Å². The average molecular weight is 237 g/mol. The Morgan fingerprint density at radius 2 is 1.65 bits per heavy atom. The topological polar surface area (TPSA) is 27.3 Å². The van der Waals surface area contributed by atoms with Gasteiger partial charge < -0.3 is 10.6 Å². The summed E-state index contributed by atoms with van der Waals surface area (Å²) in [6, 6.07) is 1.63. The molecule has 0 aromatic heterocycles. The normalized spacial score (nSPS) is 39.4. The van der Waals surface area contributed by atoms with E-state index in [2.05, 4.69) is 36.3 Å². The average Bonchev–Trinajstić information content (AvgIpc) is 2.74. The van der Waals surface area contributed by atoms with Crippen LogP contribution in [-0.4, -0.2) is 48.7 Å². The fraction of sp³-hybridized carbons (Fsp3) is 1.00. The minimum Gasteiger partial charge on any atom is -0.316 e. The third-order valence-electron chi connectivity index (χ3n) is 4.96. The van der Waals surface area contributed by atoms with Gasteiger partial charge in [0, 0.05) is 30.7 Å². The molecule has 1 aliphatic carbocycles. The van der Waals surface area contributed by atoms with Crippen molar-refractivity contribution < 1.29 is 0 Å². The Morgan fingerprint density at radius 3 is 2.18 bits per heavy atom. The Labute approximate surface area is 105 Å². The van der Waals surface area contributed by atoms with Crippen LogP contribution in [0.3, 0.4) is 0 Å². The van der Waals surface area contributed by atoms with Crippen LogP contribution in [0.2, 0.25) is 0 Å². The molecule has 2 saturated heterocycles. The number of fused-ring (bicyclic) bond motifs is 1. The summed E-state index contributed by atoms with van der Waals surface area (Å²) >= 11 is 0. The predicted molar refractivity (Wildman–Crippen MR) is 71.1 cm³/mol. The first-order chi connectivity index (χ1) is 8.05.